The number of methoxy groups -OCH3 is 1. The second-order valence-electron chi connectivity index (χ2n) is 7.34. The second kappa shape index (κ2) is 12.2. The molecule has 2 N–H and O–H groups in total. The summed E-state index contributed by atoms with van der Waals surface area (Å²) in [6.07, 6.45) is 1.44. The zero-order chi connectivity index (χ0) is 25.4. The predicted octanol–water partition coefficient (Wildman–Crippen LogP) is 4.28. The zero-order valence-electron chi connectivity index (χ0n) is 19.2. The van der Waals surface area contributed by atoms with Gasteiger partial charge in [0.05, 0.1) is 29.7 Å². The molecule has 182 valence electrons. The van der Waals surface area contributed by atoms with Gasteiger partial charge in [-0.1, -0.05) is 35.5 Å². The van der Waals surface area contributed by atoms with Crippen LogP contribution in [0.15, 0.2) is 52.7 Å². The Bertz CT molecular complexity index is 1230. The number of carbonyl (C=O) groups is 2. The number of aryl methyl sites for hydroxylation is 2. The molecule has 0 unspecified atom stereocenters. The molecular formula is C24H23ClN4O5S. The molecule has 0 saturated carbocycles. The van der Waals surface area contributed by atoms with E-state index in [0.29, 0.717) is 27.2 Å². The van der Waals surface area contributed by atoms with Crippen molar-refractivity contribution in [1.82, 2.24) is 15.4 Å². The molecule has 3 rings (SSSR count). The first-order valence-electron chi connectivity index (χ1n) is 10.3. The van der Waals surface area contributed by atoms with Crippen LogP contribution in [0.3, 0.4) is 0 Å². The number of nitrogens with one attached hydrogen (secondary N) is 1. The molecule has 1 heterocycles. The summed E-state index contributed by atoms with van der Waals surface area (Å²) in [6.45, 7) is 3.91. The van der Waals surface area contributed by atoms with Gasteiger partial charge in [0, 0.05) is 11.4 Å². The number of nitrogens with zero attached hydrogens (tertiary/aromatic N) is 3. The topological polar surface area (TPSA) is 123 Å². The number of hydrazone groups is 1. The van der Waals surface area contributed by atoms with E-state index in [2.05, 4.69) is 20.5 Å². The number of hydrogen-bond acceptors (Lipinski definition) is 8. The van der Waals surface area contributed by atoms with Gasteiger partial charge in [-0.3, -0.25) is 4.79 Å². The Morgan fingerprint density at radius 2 is 1.83 bits per heavy atom. The Morgan fingerprint density at radius 1 is 1.14 bits per heavy atom. The second-order valence-corrected chi connectivity index (χ2v) is 8.69. The first-order chi connectivity index (χ1) is 16.7. The summed E-state index contributed by atoms with van der Waals surface area (Å²) in [5.74, 6) is -0.465. The summed E-state index contributed by atoms with van der Waals surface area (Å²) in [5, 5.41) is 13.8. The monoisotopic (exact) mass is 514 g/mol. The normalized spacial score (nSPS) is 10.9. The molecule has 11 heteroatoms. The van der Waals surface area contributed by atoms with Gasteiger partial charge >= 0.3 is 5.97 Å². The molecule has 1 amide bonds. The smallest absolute Gasteiger partial charge is 0.335 e. The van der Waals surface area contributed by atoms with Crippen LogP contribution in [0.2, 0.25) is 5.02 Å². The van der Waals surface area contributed by atoms with Crippen molar-refractivity contribution in [3.05, 3.63) is 75.6 Å². The van der Waals surface area contributed by atoms with Crippen molar-refractivity contribution >= 4 is 41.5 Å². The lowest BCUT2D eigenvalue weighted by Gasteiger charge is -2.13. The third-order valence-corrected chi connectivity index (χ3v) is 5.66. The number of thioether (sulfide) groups is 1. The number of benzene rings is 2. The largest absolute Gasteiger partial charge is 0.493 e. The predicted molar refractivity (Wildman–Crippen MR) is 134 cm³/mol. The molecule has 1 aromatic heterocycles. The molecule has 0 bridgehead atoms. The number of rotatable bonds is 10. The van der Waals surface area contributed by atoms with Gasteiger partial charge in [0.15, 0.2) is 16.7 Å². The third kappa shape index (κ3) is 7.69. The molecule has 35 heavy (non-hydrogen) atoms. The van der Waals surface area contributed by atoms with Gasteiger partial charge in [0.2, 0.25) is 0 Å². The summed E-state index contributed by atoms with van der Waals surface area (Å²) in [4.78, 5) is 31.6. The number of carbonyl (C=O) groups excluding carboxylic acids is 1. The van der Waals surface area contributed by atoms with E-state index in [9.17, 15) is 9.59 Å². The highest BCUT2D eigenvalue weighted by Gasteiger charge is 2.13. The fourth-order valence-corrected chi connectivity index (χ4v) is 3.97. The van der Waals surface area contributed by atoms with Crippen molar-refractivity contribution in [3.63, 3.8) is 0 Å². The van der Waals surface area contributed by atoms with Crippen LogP contribution in [0.25, 0.3) is 0 Å². The Labute approximate surface area is 211 Å². The maximum absolute atomic E-state index is 12.1. The molecule has 0 radical (unpaired) electrons. The third-order valence-electron chi connectivity index (χ3n) is 4.53. The number of halogens is 1. The van der Waals surface area contributed by atoms with Crippen LogP contribution < -0.4 is 14.9 Å². The Kier molecular flexibility index (Phi) is 9.04. The zero-order valence-corrected chi connectivity index (χ0v) is 20.8. The highest BCUT2D eigenvalue weighted by molar-refractivity contribution is 7.99. The number of aromatic carboxylic acids is 1. The standard InChI is InChI=1S/C24H23ClN4O5S/c1-14-8-15(2)28-24(27-14)35-13-21(30)29-26-11-17-9-19(25)22(20(10-17)33-3)34-12-16-4-6-18(7-5-16)23(31)32/h4-11H,12-13H2,1-3H3,(H,29,30)(H,31,32)/b26-11-. The minimum absolute atomic E-state index is 0.116. The number of carboxylic acids is 1. The first-order valence-corrected chi connectivity index (χ1v) is 11.7. The lowest BCUT2D eigenvalue weighted by atomic mass is 10.1. The maximum atomic E-state index is 12.1. The van der Waals surface area contributed by atoms with E-state index in [4.69, 9.17) is 26.2 Å². The Balaban J connectivity index is 1.58. The van der Waals surface area contributed by atoms with E-state index in [-0.39, 0.29) is 23.8 Å². The van der Waals surface area contributed by atoms with Gasteiger partial charge in [-0.15, -0.1) is 0 Å². The first kappa shape index (κ1) is 26.0. The van der Waals surface area contributed by atoms with E-state index in [0.717, 1.165) is 17.0 Å². The summed E-state index contributed by atoms with van der Waals surface area (Å²) >= 11 is 7.61. The van der Waals surface area contributed by atoms with E-state index in [1.165, 1.54) is 37.2 Å². The van der Waals surface area contributed by atoms with Crippen molar-refractivity contribution < 1.29 is 24.2 Å². The Hall–Kier alpha value is -3.63. The van der Waals surface area contributed by atoms with Gasteiger partial charge < -0.3 is 14.6 Å². The van der Waals surface area contributed by atoms with E-state index >= 15 is 0 Å². The quantitative estimate of drug-likeness (QED) is 0.178. The van der Waals surface area contributed by atoms with E-state index in [1.54, 1.807) is 24.3 Å². The van der Waals surface area contributed by atoms with Crippen LogP contribution in [0.5, 0.6) is 11.5 Å². The van der Waals surface area contributed by atoms with E-state index < -0.39 is 5.97 Å². The number of hydrogen-bond donors (Lipinski definition) is 2. The minimum Gasteiger partial charge on any atom is -0.493 e. The molecule has 0 saturated heterocycles. The van der Waals surface area contributed by atoms with Crippen molar-refractivity contribution in [2.24, 2.45) is 5.10 Å². The summed E-state index contributed by atoms with van der Waals surface area (Å²) in [6, 6.07) is 11.5. The van der Waals surface area contributed by atoms with Crippen LogP contribution in [-0.2, 0) is 11.4 Å². The van der Waals surface area contributed by atoms with Crippen LogP contribution in [-0.4, -0.2) is 46.0 Å². The highest BCUT2D eigenvalue weighted by Crippen LogP contribution is 2.36. The number of carboxylic acid groups (broad SMARTS) is 1. The summed E-state index contributed by atoms with van der Waals surface area (Å²) in [5.41, 5.74) is 5.69. The SMILES string of the molecule is COc1cc(/C=N\NC(=O)CSc2nc(C)cc(C)n2)cc(Cl)c1OCc1ccc(C(=O)O)cc1. The minimum atomic E-state index is -0.996. The summed E-state index contributed by atoms with van der Waals surface area (Å²) < 4.78 is 11.2. The lowest BCUT2D eigenvalue weighted by molar-refractivity contribution is -0.118. The number of aromatic nitrogens is 2. The molecule has 0 aliphatic rings. The number of amides is 1. The van der Waals surface area contributed by atoms with Gasteiger partial charge in [-0.05, 0) is 55.3 Å². The number of ether oxygens (including phenoxy) is 2. The Morgan fingerprint density at radius 3 is 2.46 bits per heavy atom. The molecule has 0 aliphatic heterocycles. The molecule has 0 atom stereocenters. The van der Waals surface area contributed by atoms with Crippen LogP contribution in [0.1, 0.15) is 32.9 Å². The van der Waals surface area contributed by atoms with Crippen molar-refractivity contribution in [3.8, 4) is 11.5 Å². The van der Waals surface area contributed by atoms with Gasteiger partial charge in [0.1, 0.15) is 6.61 Å². The fourth-order valence-electron chi connectivity index (χ4n) is 2.95. The van der Waals surface area contributed by atoms with Gasteiger partial charge in [-0.25, -0.2) is 20.2 Å². The summed E-state index contributed by atoms with van der Waals surface area (Å²) in [7, 11) is 1.48. The van der Waals surface area contributed by atoms with Gasteiger partial charge in [0.25, 0.3) is 5.91 Å². The van der Waals surface area contributed by atoms with Crippen LogP contribution in [0, 0.1) is 13.8 Å². The van der Waals surface area contributed by atoms with Crippen molar-refractivity contribution in [1.29, 1.82) is 0 Å². The average molecular weight is 515 g/mol. The lowest BCUT2D eigenvalue weighted by Crippen LogP contribution is -2.19. The average Bonchev–Trinajstić information content (AvgIpc) is 2.81. The molecule has 3 aromatic rings. The van der Waals surface area contributed by atoms with Gasteiger partial charge in [-0.2, -0.15) is 5.10 Å². The molecule has 0 spiro atoms. The highest BCUT2D eigenvalue weighted by atomic mass is 35.5. The van der Waals surface area contributed by atoms with Crippen molar-refractivity contribution in [2.45, 2.75) is 25.6 Å². The van der Waals surface area contributed by atoms with Crippen LogP contribution in [0.4, 0.5) is 0 Å². The molecule has 0 aliphatic carbocycles. The van der Waals surface area contributed by atoms with Crippen molar-refractivity contribution in [2.75, 3.05) is 12.9 Å². The molecule has 2 aromatic carbocycles. The molecule has 0 fully saturated rings. The maximum Gasteiger partial charge on any atom is 0.335 e. The van der Waals surface area contributed by atoms with E-state index in [1.807, 2.05) is 19.9 Å². The molecular weight excluding hydrogens is 492 g/mol. The van der Waals surface area contributed by atoms with Crippen LogP contribution >= 0.6 is 23.4 Å². The molecule has 9 nitrogen and oxygen atoms in total. The fraction of sp³-hybridized carbons (Fsp3) is 0.208.